The van der Waals surface area contributed by atoms with Crippen LogP contribution in [0.4, 0.5) is 0 Å². The molecule has 74 valence electrons. The standard InChI is InChI=1S/C4H11O7P/c5-1-3(4(6)7)2-11-12(8,9)10/h3-7H,1-2H2,(H2,8,9,10). The van der Waals surface area contributed by atoms with Crippen LogP contribution >= 0.6 is 7.82 Å². The fraction of sp³-hybridized carbons (Fsp3) is 1.00. The third-order valence-electron chi connectivity index (χ3n) is 1.11. The first-order valence-electron chi connectivity index (χ1n) is 3.04. The van der Waals surface area contributed by atoms with Crippen molar-refractivity contribution in [3.05, 3.63) is 0 Å². The second-order valence-electron chi connectivity index (χ2n) is 2.14. The normalized spacial score (nSPS) is 15.2. The van der Waals surface area contributed by atoms with Gasteiger partial charge in [0.05, 0.1) is 19.1 Å². The monoisotopic (exact) mass is 202 g/mol. The Bertz CT molecular complexity index is 163. The molecule has 0 rings (SSSR count). The number of phosphoric acid groups is 1. The summed E-state index contributed by atoms with van der Waals surface area (Å²) in [5.74, 6) is -1.11. The second-order valence-corrected chi connectivity index (χ2v) is 3.38. The van der Waals surface area contributed by atoms with Gasteiger partial charge >= 0.3 is 7.82 Å². The number of hydrogen-bond acceptors (Lipinski definition) is 5. The van der Waals surface area contributed by atoms with E-state index < -0.39 is 33.2 Å². The fourth-order valence-corrected chi connectivity index (χ4v) is 0.812. The summed E-state index contributed by atoms with van der Waals surface area (Å²) >= 11 is 0. The summed E-state index contributed by atoms with van der Waals surface area (Å²) in [7, 11) is -4.61. The Morgan fingerprint density at radius 2 is 1.83 bits per heavy atom. The number of phosphoric ester groups is 1. The summed E-state index contributed by atoms with van der Waals surface area (Å²) in [6, 6.07) is 0. The minimum absolute atomic E-state index is 0.613. The molecule has 7 nitrogen and oxygen atoms in total. The van der Waals surface area contributed by atoms with E-state index in [4.69, 9.17) is 25.1 Å². The number of aliphatic hydroxyl groups excluding tert-OH is 2. The molecule has 0 saturated heterocycles. The smallest absolute Gasteiger partial charge is 0.396 e. The number of hydrogen-bond donors (Lipinski definition) is 5. The third-order valence-corrected chi connectivity index (χ3v) is 1.60. The summed E-state index contributed by atoms with van der Waals surface area (Å²) in [6.07, 6.45) is -1.86. The molecule has 0 aromatic rings. The second kappa shape index (κ2) is 4.88. The third kappa shape index (κ3) is 5.62. The molecule has 0 bridgehead atoms. The highest BCUT2D eigenvalue weighted by Crippen LogP contribution is 2.36. The lowest BCUT2D eigenvalue weighted by Gasteiger charge is -2.15. The Balaban J connectivity index is 3.81. The number of rotatable bonds is 5. The largest absolute Gasteiger partial charge is 0.469 e. The van der Waals surface area contributed by atoms with Gasteiger partial charge in [-0.15, -0.1) is 0 Å². The summed E-state index contributed by atoms with van der Waals surface area (Å²) in [6.45, 7) is -1.24. The molecule has 8 heteroatoms. The average molecular weight is 202 g/mol. The molecule has 0 amide bonds. The van der Waals surface area contributed by atoms with Gasteiger partial charge in [0.1, 0.15) is 0 Å². The maximum atomic E-state index is 10.1. The van der Waals surface area contributed by atoms with Gasteiger partial charge in [-0.3, -0.25) is 4.52 Å². The van der Waals surface area contributed by atoms with E-state index in [1.807, 2.05) is 0 Å². The Kier molecular flexibility index (Phi) is 4.88. The first-order valence-corrected chi connectivity index (χ1v) is 4.57. The van der Waals surface area contributed by atoms with Crippen molar-refractivity contribution in [3.8, 4) is 0 Å². The molecule has 1 unspecified atom stereocenters. The molecule has 0 fully saturated rings. The maximum absolute atomic E-state index is 10.1. The first kappa shape index (κ1) is 12.0. The lowest BCUT2D eigenvalue weighted by atomic mass is 10.2. The SMILES string of the molecule is O=P(O)(O)OCC(CO)C(O)O. The van der Waals surface area contributed by atoms with Crippen LogP contribution in [0.15, 0.2) is 0 Å². The van der Waals surface area contributed by atoms with Gasteiger partial charge in [0, 0.05) is 0 Å². The molecule has 0 aliphatic heterocycles. The van der Waals surface area contributed by atoms with Gasteiger partial charge in [0.15, 0.2) is 6.29 Å². The summed E-state index contributed by atoms with van der Waals surface area (Å²) in [5, 5.41) is 25.4. The number of aliphatic hydroxyl groups is 3. The molecule has 0 radical (unpaired) electrons. The van der Waals surface area contributed by atoms with Crippen molar-refractivity contribution in [1.82, 2.24) is 0 Å². The van der Waals surface area contributed by atoms with Crippen LogP contribution in [0.3, 0.4) is 0 Å². The van der Waals surface area contributed by atoms with E-state index in [9.17, 15) is 4.57 Å². The molecule has 0 aliphatic rings. The quantitative estimate of drug-likeness (QED) is 0.258. The van der Waals surface area contributed by atoms with E-state index >= 15 is 0 Å². The Hall–Kier alpha value is -0.0100. The van der Waals surface area contributed by atoms with Gasteiger partial charge in [-0.1, -0.05) is 0 Å². The Labute approximate surface area is 68.5 Å². The molecule has 0 aromatic carbocycles. The van der Waals surface area contributed by atoms with Crippen molar-refractivity contribution in [2.45, 2.75) is 6.29 Å². The van der Waals surface area contributed by atoms with Crippen LogP contribution in [-0.2, 0) is 9.09 Å². The molecule has 0 saturated carbocycles. The average Bonchev–Trinajstić information content (AvgIpc) is 1.85. The zero-order valence-electron chi connectivity index (χ0n) is 6.07. The van der Waals surface area contributed by atoms with Crippen molar-refractivity contribution in [3.63, 3.8) is 0 Å². The van der Waals surface area contributed by atoms with Gasteiger partial charge in [0.25, 0.3) is 0 Å². The van der Waals surface area contributed by atoms with E-state index in [-0.39, 0.29) is 0 Å². The van der Waals surface area contributed by atoms with E-state index in [1.165, 1.54) is 0 Å². The molecule has 0 aliphatic carbocycles. The van der Waals surface area contributed by atoms with Gasteiger partial charge < -0.3 is 25.1 Å². The topological polar surface area (TPSA) is 127 Å². The van der Waals surface area contributed by atoms with Crippen molar-refractivity contribution in [1.29, 1.82) is 0 Å². The Morgan fingerprint density at radius 3 is 2.08 bits per heavy atom. The molecule has 1 atom stereocenters. The van der Waals surface area contributed by atoms with Crippen LogP contribution < -0.4 is 0 Å². The van der Waals surface area contributed by atoms with E-state index in [0.29, 0.717) is 0 Å². The highest BCUT2D eigenvalue weighted by Gasteiger charge is 2.21. The van der Waals surface area contributed by atoms with E-state index in [0.717, 1.165) is 0 Å². The first-order chi connectivity index (χ1) is 5.37. The van der Waals surface area contributed by atoms with E-state index in [2.05, 4.69) is 4.52 Å². The molecule has 12 heavy (non-hydrogen) atoms. The van der Waals surface area contributed by atoms with Gasteiger partial charge in [-0.25, -0.2) is 4.57 Å². The molecule has 0 aromatic heterocycles. The molecule has 0 spiro atoms. The van der Waals surface area contributed by atoms with Crippen molar-refractivity contribution in [2.75, 3.05) is 13.2 Å². The van der Waals surface area contributed by atoms with Crippen LogP contribution in [0, 0.1) is 5.92 Å². The van der Waals surface area contributed by atoms with Crippen LogP contribution in [-0.4, -0.2) is 44.6 Å². The predicted octanol–water partition coefficient (Wildman–Crippen LogP) is -1.99. The fourth-order valence-electron chi connectivity index (χ4n) is 0.426. The Morgan fingerprint density at radius 1 is 1.33 bits per heavy atom. The minimum Gasteiger partial charge on any atom is -0.396 e. The minimum atomic E-state index is -4.61. The van der Waals surface area contributed by atoms with E-state index in [1.54, 1.807) is 0 Å². The van der Waals surface area contributed by atoms with Crippen LogP contribution in [0.1, 0.15) is 0 Å². The van der Waals surface area contributed by atoms with Crippen LogP contribution in [0.5, 0.6) is 0 Å². The lowest BCUT2D eigenvalue weighted by molar-refractivity contribution is -0.108. The molecular weight excluding hydrogens is 191 g/mol. The molecule has 5 N–H and O–H groups in total. The summed E-state index contributed by atoms with van der Waals surface area (Å²) in [4.78, 5) is 16.4. The highest BCUT2D eigenvalue weighted by atomic mass is 31.2. The highest BCUT2D eigenvalue weighted by molar-refractivity contribution is 7.46. The van der Waals surface area contributed by atoms with Gasteiger partial charge in [-0.05, 0) is 0 Å². The van der Waals surface area contributed by atoms with Crippen LogP contribution in [0.25, 0.3) is 0 Å². The zero-order chi connectivity index (χ0) is 9.78. The van der Waals surface area contributed by atoms with Crippen LogP contribution in [0.2, 0.25) is 0 Å². The van der Waals surface area contributed by atoms with Crippen molar-refractivity contribution in [2.24, 2.45) is 5.92 Å². The lowest BCUT2D eigenvalue weighted by Crippen LogP contribution is -2.27. The summed E-state index contributed by atoms with van der Waals surface area (Å²) in [5.41, 5.74) is 0. The summed E-state index contributed by atoms with van der Waals surface area (Å²) < 4.78 is 14.0. The zero-order valence-corrected chi connectivity index (χ0v) is 6.96. The maximum Gasteiger partial charge on any atom is 0.469 e. The van der Waals surface area contributed by atoms with Gasteiger partial charge in [-0.2, -0.15) is 0 Å². The molecular formula is C4H11O7P. The molecule has 0 heterocycles. The van der Waals surface area contributed by atoms with Crippen molar-refractivity contribution >= 4 is 7.82 Å². The van der Waals surface area contributed by atoms with Gasteiger partial charge in [0.2, 0.25) is 0 Å². The van der Waals surface area contributed by atoms with Crippen molar-refractivity contribution < 1.29 is 34.2 Å². The predicted molar refractivity (Wildman–Crippen MR) is 36.8 cm³/mol.